The number of carbonyl (C=O) groups excluding carboxylic acids is 4. The van der Waals surface area contributed by atoms with Gasteiger partial charge in [-0.1, -0.05) is 66.7 Å². The maximum atomic E-state index is 14.3. The number of fused-ring (bicyclic) bond motifs is 1. The Kier molecular flexibility index (Phi) is 11.8. The van der Waals surface area contributed by atoms with Gasteiger partial charge in [0.25, 0.3) is 5.91 Å². The fourth-order valence-corrected chi connectivity index (χ4v) is 8.80. The van der Waals surface area contributed by atoms with Crippen LogP contribution in [0.3, 0.4) is 0 Å². The number of ether oxygens (including phenoxy) is 3. The predicted octanol–water partition coefficient (Wildman–Crippen LogP) is 6.80. The summed E-state index contributed by atoms with van der Waals surface area (Å²) in [5, 5.41) is 3.57. The van der Waals surface area contributed by atoms with E-state index < -0.39 is 29.9 Å². The number of hydrogen-bond acceptors (Lipinski definition) is 9. The Balaban J connectivity index is 0.929. The minimum absolute atomic E-state index is 0.156. The second-order valence-electron chi connectivity index (χ2n) is 16.1. The van der Waals surface area contributed by atoms with Crippen LogP contribution in [0.4, 0.5) is 9.59 Å². The van der Waals surface area contributed by atoms with E-state index in [0.717, 1.165) is 69.4 Å². The Morgan fingerprint density at radius 2 is 1.37 bits per heavy atom. The van der Waals surface area contributed by atoms with Crippen molar-refractivity contribution in [3.63, 3.8) is 0 Å². The molecule has 0 aliphatic carbocycles. The highest BCUT2D eigenvalue weighted by atomic mass is 16.6. The van der Waals surface area contributed by atoms with Crippen LogP contribution >= 0.6 is 0 Å². The topological polar surface area (TPSA) is 214 Å². The van der Waals surface area contributed by atoms with Crippen molar-refractivity contribution in [2.75, 3.05) is 27.3 Å². The molecule has 4 amide bonds. The van der Waals surface area contributed by atoms with E-state index in [9.17, 15) is 19.2 Å². The molecule has 8 rings (SSSR count). The summed E-state index contributed by atoms with van der Waals surface area (Å²) in [6.07, 6.45) is 6.30. The first kappa shape index (κ1) is 41.8. The van der Waals surface area contributed by atoms with Gasteiger partial charge in [-0.05, 0) is 73.4 Å². The number of nitrogens with two attached hydrogens (primary N) is 1. The molecule has 0 spiro atoms. The molecular weight excluding hydrogens is 791 g/mol. The number of hydrogen-bond donors (Lipinski definition) is 5. The lowest BCUT2D eigenvalue weighted by molar-refractivity contribution is -0.150. The lowest BCUT2D eigenvalue weighted by Crippen LogP contribution is -2.54. The zero-order chi connectivity index (χ0) is 43.5. The smallest absolute Gasteiger partial charge is 0.407 e. The van der Waals surface area contributed by atoms with Gasteiger partial charge in [0.2, 0.25) is 5.91 Å². The molecule has 6 aromatic rings. The number of amides is 4. The van der Waals surface area contributed by atoms with Crippen molar-refractivity contribution in [2.24, 2.45) is 5.73 Å². The van der Waals surface area contributed by atoms with Crippen LogP contribution in [-0.4, -0.2) is 104 Å². The van der Waals surface area contributed by atoms with Gasteiger partial charge in [0.15, 0.2) is 5.60 Å². The lowest BCUT2D eigenvalue weighted by Gasteiger charge is -2.34. The molecule has 2 fully saturated rings. The van der Waals surface area contributed by atoms with Crippen molar-refractivity contribution < 1.29 is 33.4 Å². The second kappa shape index (κ2) is 17.6. The Labute approximate surface area is 358 Å². The van der Waals surface area contributed by atoms with Gasteiger partial charge in [-0.2, -0.15) is 0 Å². The highest BCUT2D eigenvalue weighted by Crippen LogP contribution is 2.37. The molecule has 0 bridgehead atoms. The maximum Gasteiger partial charge on any atom is 0.407 e. The average molecular weight is 842 g/mol. The number of imidazole rings is 2. The SMILES string of the molecule is COC(=O)N[C@H](C(=O)N1CCCC1c1ncc(-c2ccc(-c3ccc(-c4cnc([C@@H]5CCCN5C(=O)[C@](C)(Cc5c[nH]c6ccccc56)OC(N)=O)[nH]4)cc3)cc2)[nH]1)[C@@H](C)OC. The number of nitrogens with zero attached hydrogens (tertiary/aromatic N) is 4. The minimum atomic E-state index is -1.52. The first-order valence-corrected chi connectivity index (χ1v) is 20.8. The zero-order valence-corrected chi connectivity index (χ0v) is 35.1. The number of alkyl carbamates (subject to hydrolysis) is 1. The molecular formula is C46H51N9O7. The molecule has 3 aromatic carbocycles. The van der Waals surface area contributed by atoms with Gasteiger partial charge in [0.1, 0.15) is 17.7 Å². The molecule has 0 saturated carbocycles. The fourth-order valence-electron chi connectivity index (χ4n) is 8.80. The van der Waals surface area contributed by atoms with Gasteiger partial charge in [-0.25, -0.2) is 19.6 Å². The Morgan fingerprint density at radius 3 is 1.94 bits per heavy atom. The van der Waals surface area contributed by atoms with Crippen molar-refractivity contribution in [2.45, 2.75) is 75.8 Å². The molecule has 5 heterocycles. The molecule has 16 heteroatoms. The molecule has 2 aliphatic heterocycles. The number of H-pyrrole nitrogens is 3. The molecule has 6 N–H and O–H groups in total. The molecule has 16 nitrogen and oxygen atoms in total. The monoisotopic (exact) mass is 841 g/mol. The summed E-state index contributed by atoms with van der Waals surface area (Å²) in [6, 6.07) is 22.6. The summed E-state index contributed by atoms with van der Waals surface area (Å²) in [5.74, 6) is 0.762. The summed E-state index contributed by atoms with van der Waals surface area (Å²) in [5.41, 5.74) is 11.4. The van der Waals surface area contributed by atoms with E-state index in [4.69, 9.17) is 24.9 Å². The molecule has 322 valence electrons. The van der Waals surface area contributed by atoms with E-state index in [2.05, 4.69) is 49.5 Å². The Bertz CT molecular complexity index is 2560. The van der Waals surface area contributed by atoms with E-state index >= 15 is 0 Å². The average Bonchev–Trinajstić information content (AvgIpc) is 4.15. The van der Waals surface area contributed by atoms with Gasteiger partial charge >= 0.3 is 12.2 Å². The lowest BCUT2D eigenvalue weighted by atomic mass is 9.93. The minimum Gasteiger partial charge on any atom is -0.453 e. The summed E-state index contributed by atoms with van der Waals surface area (Å²) in [4.78, 5) is 75.1. The Morgan fingerprint density at radius 1 is 0.823 bits per heavy atom. The number of methoxy groups -OCH3 is 2. The maximum absolute atomic E-state index is 14.3. The molecule has 2 saturated heterocycles. The largest absolute Gasteiger partial charge is 0.453 e. The molecule has 62 heavy (non-hydrogen) atoms. The highest BCUT2D eigenvalue weighted by Gasteiger charge is 2.45. The van der Waals surface area contributed by atoms with Gasteiger partial charge in [-0.3, -0.25) is 9.59 Å². The van der Waals surface area contributed by atoms with Crippen LogP contribution in [0, 0.1) is 0 Å². The molecule has 1 unspecified atom stereocenters. The first-order valence-electron chi connectivity index (χ1n) is 20.8. The summed E-state index contributed by atoms with van der Waals surface area (Å²) in [6.45, 7) is 4.38. The third-order valence-electron chi connectivity index (χ3n) is 12.1. The number of aromatic amines is 3. The van der Waals surface area contributed by atoms with Crippen LogP contribution < -0.4 is 11.1 Å². The van der Waals surface area contributed by atoms with Crippen LogP contribution in [0.5, 0.6) is 0 Å². The van der Waals surface area contributed by atoms with Crippen LogP contribution in [0.25, 0.3) is 44.5 Å². The fraction of sp³-hybridized carbons (Fsp3) is 0.348. The highest BCUT2D eigenvalue weighted by molar-refractivity contribution is 5.90. The summed E-state index contributed by atoms with van der Waals surface area (Å²) < 4.78 is 15.8. The second-order valence-corrected chi connectivity index (χ2v) is 16.1. The number of primary amides is 1. The normalized spacial score (nSPS) is 18.3. The number of para-hydroxylation sites is 1. The number of rotatable bonds is 13. The number of aromatic nitrogens is 5. The van der Waals surface area contributed by atoms with Crippen LogP contribution in [0.1, 0.15) is 68.8 Å². The van der Waals surface area contributed by atoms with Crippen LogP contribution in [-0.2, 0) is 30.2 Å². The zero-order valence-electron chi connectivity index (χ0n) is 35.1. The molecule has 2 aliphatic rings. The summed E-state index contributed by atoms with van der Waals surface area (Å²) >= 11 is 0. The van der Waals surface area contributed by atoms with Gasteiger partial charge < -0.3 is 50.0 Å². The quantitative estimate of drug-likeness (QED) is 0.0826. The van der Waals surface area contributed by atoms with Crippen molar-refractivity contribution in [3.8, 4) is 33.6 Å². The van der Waals surface area contributed by atoms with Crippen molar-refractivity contribution in [1.82, 2.24) is 40.0 Å². The van der Waals surface area contributed by atoms with E-state index in [1.165, 1.54) is 14.2 Å². The van der Waals surface area contributed by atoms with Gasteiger partial charge in [0.05, 0.1) is 49.1 Å². The number of likely N-dealkylation sites (tertiary alicyclic amines) is 2. The van der Waals surface area contributed by atoms with E-state index in [-0.39, 0.29) is 30.3 Å². The van der Waals surface area contributed by atoms with Crippen LogP contribution in [0.2, 0.25) is 0 Å². The molecule has 0 radical (unpaired) electrons. The van der Waals surface area contributed by atoms with Crippen molar-refractivity contribution in [1.29, 1.82) is 0 Å². The van der Waals surface area contributed by atoms with Gasteiger partial charge in [-0.15, -0.1) is 0 Å². The van der Waals surface area contributed by atoms with Crippen molar-refractivity contribution >= 4 is 34.9 Å². The molecule has 3 aromatic heterocycles. The van der Waals surface area contributed by atoms with Gasteiger partial charge in [0, 0.05) is 43.7 Å². The predicted molar refractivity (Wildman–Crippen MR) is 231 cm³/mol. The first-order chi connectivity index (χ1) is 30.0. The number of benzene rings is 3. The van der Waals surface area contributed by atoms with E-state index in [1.807, 2.05) is 54.7 Å². The van der Waals surface area contributed by atoms with Crippen molar-refractivity contribution in [3.05, 3.63) is 109 Å². The standard InChI is InChI=1S/C46H51N9O7/c1-27(60-3)39(53-45(59)61-4)42(56)54-21-7-11-37(54)40-49-25-35(51-40)30-17-13-28(14-18-30)29-15-19-31(20-16-29)36-26-50-41(52-36)38-12-8-22-55(38)43(57)46(2,62-44(47)58)23-32-24-48-34-10-6-5-9-33(32)34/h5-6,9-10,13-20,24-27,37-39,48H,7-8,11-12,21-23H2,1-4H3,(H2,47,58)(H,49,51)(H,50,52)(H,53,59)/t27-,37?,38+,39+,46+/m1/s1. The summed E-state index contributed by atoms with van der Waals surface area (Å²) in [7, 11) is 2.75. The third-order valence-corrected chi connectivity index (χ3v) is 12.1. The van der Waals surface area contributed by atoms with E-state index in [1.54, 1.807) is 36.0 Å². The third kappa shape index (κ3) is 8.37. The van der Waals surface area contributed by atoms with Crippen LogP contribution in [0.15, 0.2) is 91.4 Å². The number of carbonyl (C=O) groups is 4. The number of nitrogens with one attached hydrogen (secondary N) is 4. The Hall–Kier alpha value is -6.94. The van der Waals surface area contributed by atoms with E-state index in [0.29, 0.717) is 31.2 Å². The molecule has 5 atom stereocenters.